The molecule has 0 aromatic heterocycles. The minimum atomic E-state index is -0.769. The molecule has 20 heavy (non-hydrogen) atoms. The standard InChI is InChI=1S/C13H14FNO5/c1-4-19-13(17)12(15-18-3)10-6-5-9(14)7-11(10)20-8(2)16/h5-7H,4H2,1-3H3/b15-12-. The third kappa shape index (κ3) is 4.04. The molecule has 1 aromatic rings. The van der Waals surface area contributed by atoms with Crippen molar-refractivity contribution >= 4 is 17.7 Å². The first-order chi connectivity index (χ1) is 9.49. The Hall–Kier alpha value is -2.44. The number of hydrogen-bond acceptors (Lipinski definition) is 6. The second-order valence-electron chi connectivity index (χ2n) is 3.58. The van der Waals surface area contributed by atoms with E-state index in [9.17, 15) is 14.0 Å². The van der Waals surface area contributed by atoms with Crippen molar-refractivity contribution in [3.8, 4) is 5.75 Å². The lowest BCUT2D eigenvalue weighted by molar-refractivity contribution is -0.135. The van der Waals surface area contributed by atoms with Gasteiger partial charge in [0.05, 0.1) is 12.2 Å². The average molecular weight is 283 g/mol. The molecular formula is C13H14FNO5. The third-order valence-corrected chi connectivity index (χ3v) is 2.10. The van der Waals surface area contributed by atoms with Crippen molar-refractivity contribution in [3.05, 3.63) is 29.6 Å². The van der Waals surface area contributed by atoms with Crippen molar-refractivity contribution < 1.29 is 28.3 Å². The summed E-state index contributed by atoms with van der Waals surface area (Å²) in [4.78, 5) is 27.4. The zero-order valence-electron chi connectivity index (χ0n) is 11.3. The van der Waals surface area contributed by atoms with Crippen molar-refractivity contribution in [2.24, 2.45) is 5.16 Å². The average Bonchev–Trinajstić information content (AvgIpc) is 2.36. The SMILES string of the molecule is CCOC(=O)/C(=N\OC)c1ccc(F)cc1OC(C)=O. The molecule has 1 rings (SSSR count). The molecule has 108 valence electrons. The van der Waals surface area contributed by atoms with Crippen LogP contribution >= 0.6 is 0 Å². The van der Waals surface area contributed by atoms with Crippen LogP contribution in [0.15, 0.2) is 23.4 Å². The number of esters is 2. The fourth-order valence-corrected chi connectivity index (χ4v) is 1.42. The van der Waals surface area contributed by atoms with Gasteiger partial charge in [0.15, 0.2) is 5.71 Å². The highest BCUT2D eigenvalue weighted by Crippen LogP contribution is 2.22. The summed E-state index contributed by atoms with van der Waals surface area (Å²) >= 11 is 0. The van der Waals surface area contributed by atoms with Crippen molar-refractivity contribution in [1.29, 1.82) is 0 Å². The van der Waals surface area contributed by atoms with Gasteiger partial charge in [-0.2, -0.15) is 0 Å². The first-order valence-electron chi connectivity index (χ1n) is 5.76. The number of carbonyl (C=O) groups is 2. The van der Waals surface area contributed by atoms with Crippen LogP contribution in [0.5, 0.6) is 5.75 Å². The lowest BCUT2D eigenvalue weighted by Gasteiger charge is -2.10. The summed E-state index contributed by atoms with van der Waals surface area (Å²) in [6, 6.07) is 3.33. The number of hydrogen-bond donors (Lipinski definition) is 0. The van der Waals surface area contributed by atoms with Gasteiger partial charge in [-0.3, -0.25) is 4.79 Å². The fraction of sp³-hybridized carbons (Fsp3) is 0.308. The molecule has 0 aliphatic heterocycles. The van der Waals surface area contributed by atoms with Crippen molar-refractivity contribution in [2.45, 2.75) is 13.8 Å². The van der Waals surface area contributed by atoms with E-state index in [0.29, 0.717) is 0 Å². The highest BCUT2D eigenvalue weighted by molar-refractivity contribution is 6.43. The van der Waals surface area contributed by atoms with Crippen molar-refractivity contribution in [2.75, 3.05) is 13.7 Å². The fourth-order valence-electron chi connectivity index (χ4n) is 1.42. The molecule has 7 heteroatoms. The van der Waals surface area contributed by atoms with Gasteiger partial charge in [0, 0.05) is 13.0 Å². The minimum Gasteiger partial charge on any atom is -0.461 e. The molecule has 0 aliphatic carbocycles. The quantitative estimate of drug-likeness (QED) is 0.355. The van der Waals surface area contributed by atoms with Gasteiger partial charge in [0.2, 0.25) is 0 Å². The monoisotopic (exact) mass is 283 g/mol. The second-order valence-corrected chi connectivity index (χ2v) is 3.58. The number of halogens is 1. The maximum absolute atomic E-state index is 13.2. The molecule has 0 aliphatic rings. The molecule has 0 unspecified atom stereocenters. The predicted molar refractivity (Wildman–Crippen MR) is 67.9 cm³/mol. The Bertz CT molecular complexity index is 542. The van der Waals surface area contributed by atoms with E-state index in [1.807, 2.05) is 0 Å². The van der Waals surface area contributed by atoms with Crippen LogP contribution in [0.25, 0.3) is 0 Å². The van der Waals surface area contributed by atoms with Crippen LogP contribution in [0.2, 0.25) is 0 Å². The number of nitrogens with zero attached hydrogens (tertiary/aromatic N) is 1. The van der Waals surface area contributed by atoms with E-state index in [2.05, 4.69) is 9.99 Å². The molecule has 0 atom stereocenters. The first-order valence-corrected chi connectivity index (χ1v) is 5.76. The molecular weight excluding hydrogens is 269 g/mol. The molecule has 6 nitrogen and oxygen atoms in total. The zero-order chi connectivity index (χ0) is 15.1. The lowest BCUT2D eigenvalue weighted by atomic mass is 10.1. The van der Waals surface area contributed by atoms with E-state index in [1.54, 1.807) is 6.92 Å². The molecule has 0 amide bonds. The maximum Gasteiger partial charge on any atom is 0.361 e. The number of oxime groups is 1. The highest BCUT2D eigenvalue weighted by Gasteiger charge is 2.22. The molecule has 0 saturated carbocycles. The van der Waals surface area contributed by atoms with E-state index in [1.165, 1.54) is 13.2 Å². The molecule has 0 radical (unpaired) electrons. The van der Waals surface area contributed by atoms with Gasteiger partial charge in [-0.05, 0) is 19.1 Å². The molecule has 0 N–H and O–H groups in total. The van der Waals surface area contributed by atoms with Crippen LogP contribution in [-0.4, -0.2) is 31.4 Å². The Balaban J connectivity index is 3.29. The molecule has 0 spiro atoms. The van der Waals surface area contributed by atoms with E-state index < -0.39 is 17.8 Å². The van der Waals surface area contributed by atoms with E-state index in [-0.39, 0.29) is 23.6 Å². The van der Waals surface area contributed by atoms with Gasteiger partial charge in [0.25, 0.3) is 0 Å². The Morgan fingerprint density at radius 2 is 2.05 bits per heavy atom. The van der Waals surface area contributed by atoms with E-state index >= 15 is 0 Å². The van der Waals surface area contributed by atoms with Crippen LogP contribution in [0, 0.1) is 5.82 Å². The largest absolute Gasteiger partial charge is 0.461 e. The minimum absolute atomic E-state index is 0.0990. The molecule has 0 heterocycles. The summed E-state index contributed by atoms with van der Waals surface area (Å²) in [7, 11) is 1.24. The number of benzene rings is 1. The summed E-state index contributed by atoms with van der Waals surface area (Å²) in [6.45, 7) is 2.91. The van der Waals surface area contributed by atoms with Gasteiger partial charge >= 0.3 is 11.9 Å². The summed E-state index contributed by atoms with van der Waals surface area (Å²) in [6.07, 6.45) is 0. The van der Waals surface area contributed by atoms with Gasteiger partial charge in [-0.1, -0.05) is 5.16 Å². The summed E-state index contributed by atoms with van der Waals surface area (Å²) < 4.78 is 22.9. The summed E-state index contributed by atoms with van der Waals surface area (Å²) in [5.74, 6) is -2.18. The molecule has 1 aromatic carbocycles. The Kier molecular flexibility index (Phi) is 5.64. The van der Waals surface area contributed by atoms with Crippen LogP contribution in [0.4, 0.5) is 4.39 Å². The Morgan fingerprint density at radius 1 is 1.35 bits per heavy atom. The highest BCUT2D eigenvalue weighted by atomic mass is 19.1. The van der Waals surface area contributed by atoms with E-state index in [4.69, 9.17) is 9.47 Å². The zero-order valence-corrected chi connectivity index (χ0v) is 11.3. The van der Waals surface area contributed by atoms with Gasteiger partial charge in [-0.25, -0.2) is 9.18 Å². The number of ether oxygens (including phenoxy) is 2. The normalized spacial score (nSPS) is 10.9. The molecule has 0 bridgehead atoms. The maximum atomic E-state index is 13.2. The third-order valence-electron chi connectivity index (χ3n) is 2.10. The van der Waals surface area contributed by atoms with E-state index in [0.717, 1.165) is 19.1 Å². The predicted octanol–water partition coefficient (Wildman–Crippen LogP) is 1.66. The van der Waals surface area contributed by atoms with Crippen LogP contribution < -0.4 is 4.74 Å². The van der Waals surface area contributed by atoms with Crippen LogP contribution in [-0.2, 0) is 19.2 Å². The van der Waals surface area contributed by atoms with Gasteiger partial charge in [-0.15, -0.1) is 0 Å². The number of carbonyl (C=O) groups excluding carboxylic acids is 2. The van der Waals surface area contributed by atoms with Crippen molar-refractivity contribution in [3.63, 3.8) is 0 Å². The van der Waals surface area contributed by atoms with Crippen molar-refractivity contribution in [1.82, 2.24) is 0 Å². The van der Waals surface area contributed by atoms with Gasteiger partial charge < -0.3 is 14.3 Å². The topological polar surface area (TPSA) is 74.2 Å². The Morgan fingerprint density at radius 3 is 2.60 bits per heavy atom. The second kappa shape index (κ2) is 7.22. The molecule has 0 fully saturated rings. The smallest absolute Gasteiger partial charge is 0.361 e. The summed E-state index contributed by atoms with van der Waals surface area (Å²) in [5, 5.41) is 3.54. The lowest BCUT2D eigenvalue weighted by Crippen LogP contribution is -2.20. The van der Waals surface area contributed by atoms with Gasteiger partial charge in [0.1, 0.15) is 18.7 Å². The molecule has 0 saturated heterocycles. The van der Waals surface area contributed by atoms with Crippen LogP contribution in [0.3, 0.4) is 0 Å². The van der Waals surface area contributed by atoms with Crippen LogP contribution in [0.1, 0.15) is 19.4 Å². The Labute approximate surface area is 115 Å². The summed E-state index contributed by atoms with van der Waals surface area (Å²) in [5.41, 5.74) is -0.118. The number of rotatable bonds is 5. The first kappa shape index (κ1) is 15.6.